The largest absolute Gasteiger partial charge is 0.294 e. The highest BCUT2D eigenvalue weighted by atomic mass is 16.1. The fourth-order valence-corrected chi connectivity index (χ4v) is 3.37. The Bertz CT molecular complexity index is 854. The zero-order chi connectivity index (χ0) is 23.1. The van der Waals surface area contributed by atoms with Crippen LogP contribution >= 0.6 is 0 Å². The molecule has 0 spiro atoms. The molecule has 0 bridgehead atoms. The van der Waals surface area contributed by atoms with Crippen LogP contribution < -0.4 is 0 Å². The molecule has 0 N–H and O–H groups in total. The van der Waals surface area contributed by atoms with E-state index in [1.807, 2.05) is 87.5 Å². The molecule has 0 amide bonds. The van der Waals surface area contributed by atoms with Gasteiger partial charge < -0.3 is 0 Å². The average Bonchev–Trinajstić information content (AvgIpc) is 2.78. The molecule has 0 aliphatic rings. The first-order chi connectivity index (χ1) is 15.0. The minimum Gasteiger partial charge on any atom is -0.294 e. The van der Waals surface area contributed by atoms with Gasteiger partial charge in [-0.25, -0.2) is 0 Å². The van der Waals surface area contributed by atoms with E-state index in [4.69, 9.17) is 0 Å². The summed E-state index contributed by atoms with van der Waals surface area (Å²) in [5, 5.41) is 0. The van der Waals surface area contributed by atoms with Crippen LogP contribution in [0, 0.1) is 0 Å². The summed E-state index contributed by atoms with van der Waals surface area (Å²) in [7, 11) is 0. The highest BCUT2D eigenvalue weighted by Gasteiger charge is 2.12. The number of Topliss-reactive ketones (excluding diaryl/α,β-unsaturated/α-hetero) is 2. The first kappa shape index (κ1) is 26.3. The zero-order valence-corrected chi connectivity index (χ0v) is 19.9. The van der Waals surface area contributed by atoms with E-state index < -0.39 is 0 Å². The van der Waals surface area contributed by atoms with Crippen molar-refractivity contribution < 1.29 is 9.59 Å². The van der Waals surface area contributed by atoms with Crippen molar-refractivity contribution in [2.45, 2.75) is 73.1 Å². The summed E-state index contributed by atoms with van der Waals surface area (Å²) in [5.41, 5.74) is 4.93. The Morgan fingerprint density at radius 2 is 1.16 bits per heavy atom. The number of carbonyl (C=O) groups is 2. The van der Waals surface area contributed by atoms with Crippen LogP contribution in [0.25, 0.3) is 11.1 Å². The Labute approximate surface area is 189 Å². The van der Waals surface area contributed by atoms with Gasteiger partial charge in [-0.05, 0) is 44.7 Å². The third kappa shape index (κ3) is 9.29. The molecule has 0 aromatic heterocycles. The van der Waals surface area contributed by atoms with Crippen molar-refractivity contribution in [3.8, 4) is 0 Å². The summed E-state index contributed by atoms with van der Waals surface area (Å²) >= 11 is 0. The van der Waals surface area contributed by atoms with Gasteiger partial charge in [0.25, 0.3) is 0 Å². The van der Waals surface area contributed by atoms with Gasteiger partial charge in [-0.1, -0.05) is 99.0 Å². The predicted octanol–water partition coefficient (Wildman–Crippen LogP) is 8.09. The quantitative estimate of drug-likeness (QED) is 0.365. The summed E-state index contributed by atoms with van der Waals surface area (Å²) in [6.07, 6.45) is 7.31. The second-order valence-electron chi connectivity index (χ2n) is 7.86. The molecule has 2 aromatic carbocycles. The molecule has 0 unspecified atom stereocenters. The Kier molecular flexibility index (Phi) is 12.8. The molecule has 31 heavy (non-hydrogen) atoms. The molecule has 0 saturated carbocycles. The molecule has 2 nitrogen and oxygen atoms in total. The molecule has 0 fully saturated rings. The number of benzene rings is 2. The van der Waals surface area contributed by atoms with E-state index >= 15 is 0 Å². The molecule has 166 valence electrons. The van der Waals surface area contributed by atoms with Crippen LogP contribution in [0.5, 0.6) is 0 Å². The first-order valence-corrected chi connectivity index (χ1v) is 11.5. The Hall–Kier alpha value is -2.74. The summed E-state index contributed by atoms with van der Waals surface area (Å²) in [6, 6.07) is 19.8. The fourth-order valence-electron chi connectivity index (χ4n) is 3.37. The number of carbonyl (C=O) groups excluding carboxylic acids is 2. The predicted molar refractivity (Wildman–Crippen MR) is 134 cm³/mol. The van der Waals surface area contributed by atoms with Crippen molar-refractivity contribution in [3.63, 3.8) is 0 Å². The number of hydrogen-bond donors (Lipinski definition) is 0. The molecular weight excluding hydrogens is 380 g/mol. The van der Waals surface area contributed by atoms with E-state index in [9.17, 15) is 9.59 Å². The van der Waals surface area contributed by atoms with Crippen LogP contribution in [-0.4, -0.2) is 11.6 Å². The van der Waals surface area contributed by atoms with Crippen LogP contribution in [-0.2, 0) is 9.59 Å². The monoisotopic (exact) mass is 418 g/mol. The normalized spacial score (nSPS) is 10.7. The van der Waals surface area contributed by atoms with Gasteiger partial charge in [0, 0.05) is 24.0 Å². The van der Waals surface area contributed by atoms with E-state index in [0.29, 0.717) is 12.8 Å². The molecule has 0 heterocycles. The van der Waals surface area contributed by atoms with Crippen molar-refractivity contribution in [1.82, 2.24) is 0 Å². The van der Waals surface area contributed by atoms with Gasteiger partial charge >= 0.3 is 0 Å². The lowest BCUT2D eigenvalue weighted by Gasteiger charge is -2.09. The second-order valence-corrected chi connectivity index (χ2v) is 7.86. The van der Waals surface area contributed by atoms with Crippen LogP contribution in [0.4, 0.5) is 0 Å². The van der Waals surface area contributed by atoms with Crippen molar-refractivity contribution in [2.24, 2.45) is 0 Å². The van der Waals surface area contributed by atoms with Crippen molar-refractivity contribution in [1.29, 1.82) is 0 Å². The van der Waals surface area contributed by atoms with E-state index in [1.54, 1.807) is 0 Å². The second kappa shape index (κ2) is 15.1. The van der Waals surface area contributed by atoms with Gasteiger partial charge in [0.2, 0.25) is 0 Å². The topological polar surface area (TPSA) is 34.1 Å². The zero-order valence-electron chi connectivity index (χ0n) is 19.9. The molecule has 0 aliphatic carbocycles. The maximum atomic E-state index is 12.1. The molecule has 0 aliphatic heterocycles. The van der Waals surface area contributed by atoms with Crippen molar-refractivity contribution in [2.75, 3.05) is 0 Å². The molecule has 2 heteroatoms. The number of unbranched alkanes of at least 4 members (excludes halogenated alkanes) is 2. The molecule has 2 rings (SSSR count). The van der Waals surface area contributed by atoms with Crippen molar-refractivity contribution >= 4 is 22.7 Å². The maximum absolute atomic E-state index is 12.1. The highest BCUT2D eigenvalue weighted by Crippen LogP contribution is 2.22. The third-order valence-corrected chi connectivity index (χ3v) is 5.03. The smallest absolute Gasteiger partial charge is 0.163 e. The van der Waals surface area contributed by atoms with Gasteiger partial charge in [-0.3, -0.25) is 9.59 Å². The van der Waals surface area contributed by atoms with Crippen LogP contribution in [0.2, 0.25) is 0 Å². The third-order valence-electron chi connectivity index (χ3n) is 5.03. The molecule has 0 saturated heterocycles. The summed E-state index contributed by atoms with van der Waals surface area (Å²) in [5.74, 6) is 0.526. The fraction of sp³-hybridized carbons (Fsp3) is 0.379. The minimum atomic E-state index is 0.255. The Balaban J connectivity index is 0.000000311. The Morgan fingerprint density at radius 1 is 0.710 bits per heavy atom. The molecular formula is C29H38O2. The number of allylic oxidation sites excluding steroid dienone is 4. The summed E-state index contributed by atoms with van der Waals surface area (Å²) in [6.45, 7) is 10.1. The van der Waals surface area contributed by atoms with E-state index in [2.05, 4.69) is 13.8 Å². The summed E-state index contributed by atoms with van der Waals surface area (Å²) < 4.78 is 0. The van der Waals surface area contributed by atoms with Crippen molar-refractivity contribution in [3.05, 3.63) is 83.4 Å². The van der Waals surface area contributed by atoms with Gasteiger partial charge in [-0.2, -0.15) is 0 Å². The lowest BCUT2D eigenvalue weighted by molar-refractivity contribution is -0.114. The van der Waals surface area contributed by atoms with E-state index in [-0.39, 0.29) is 11.6 Å². The number of ketones is 2. The first-order valence-electron chi connectivity index (χ1n) is 11.5. The average molecular weight is 419 g/mol. The number of hydrogen-bond acceptors (Lipinski definition) is 2. The van der Waals surface area contributed by atoms with Gasteiger partial charge in [-0.15, -0.1) is 0 Å². The van der Waals surface area contributed by atoms with Crippen LogP contribution in [0.15, 0.2) is 72.3 Å². The SMILES string of the molecule is CC=C(C(=O)CCCC)c1ccccc1.CCCCC(=O)C(=C(C)C)c1ccccc1. The van der Waals surface area contributed by atoms with Crippen LogP contribution in [0.3, 0.4) is 0 Å². The highest BCUT2D eigenvalue weighted by molar-refractivity contribution is 6.21. The molecule has 0 radical (unpaired) electrons. The minimum absolute atomic E-state index is 0.255. The summed E-state index contributed by atoms with van der Waals surface area (Å²) in [4.78, 5) is 24.0. The Morgan fingerprint density at radius 3 is 1.58 bits per heavy atom. The number of rotatable bonds is 10. The van der Waals surface area contributed by atoms with Gasteiger partial charge in [0.05, 0.1) is 0 Å². The lowest BCUT2D eigenvalue weighted by atomic mass is 9.95. The van der Waals surface area contributed by atoms with Gasteiger partial charge in [0.15, 0.2) is 11.6 Å². The van der Waals surface area contributed by atoms with Gasteiger partial charge in [0.1, 0.15) is 0 Å². The molecule has 2 aromatic rings. The van der Waals surface area contributed by atoms with E-state index in [1.165, 1.54) is 0 Å². The lowest BCUT2D eigenvalue weighted by Crippen LogP contribution is -2.03. The van der Waals surface area contributed by atoms with Crippen LogP contribution in [0.1, 0.15) is 84.3 Å². The van der Waals surface area contributed by atoms with E-state index in [0.717, 1.165) is 53.5 Å². The standard InChI is InChI=1S/C15H20O.C14H18O/c1-4-5-11-14(16)15(12(2)3)13-9-7-6-8-10-13;1-3-5-11-14(15)13(4-2)12-9-7-6-8-10-12/h6-10H,4-5,11H2,1-3H3;4,6-10H,3,5,11H2,1-2H3. The maximum Gasteiger partial charge on any atom is 0.163 e. The molecule has 0 atom stereocenters.